The van der Waals surface area contributed by atoms with Crippen molar-refractivity contribution in [2.75, 3.05) is 38.2 Å². The average molecular weight is 311 g/mol. The van der Waals surface area contributed by atoms with E-state index in [0.29, 0.717) is 41.8 Å². The van der Waals surface area contributed by atoms with Gasteiger partial charge in [0.15, 0.2) is 5.82 Å². The van der Waals surface area contributed by atoms with Crippen molar-refractivity contribution in [2.24, 2.45) is 11.8 Å². The van der Waals surface area contributed by atoms with E-state index in [1.807, 2.05) is 4.90 Å². The van der Waals surface area contributed by atoms with Crippen LogP contribution in [0.4, 0.5) is 5.82 Å². The van der Waals surface area contributed by atoms with Gasteiger partial charge in [-0.05, 0) is 12.3 Å². The molecule has 1 amide bonds. The van der Waals surface area contributed by atoms with E-state index >= 15 is 0 Å². The van der Waals surface area contributed by atoms with Crippen molar-refractivity contribution in [2.45, 2.75) is 13.3 Å². The van der Waals surface area contributed by atoms with Crippen LogP contribution in [0.25, 0.3) is 0 Å². The fourth-order valence-corrected chi connectivity index (χ4v) is 2.91. The maximum Gasteiger partial charge on any atom is 0.318 e. The number of amides is 1. The molecule has 2 aliphatic rings. The molecule has 0 unspecified atom stereocenters. The number of hydrogen-bond acceptors (Lipinski definition) is 5. The Morgan fingerprint density at radius 2 is 2.05 bits per heavy atom. The molecule has 0 spiro atoms. The molecule has 3 rings (SSSR count). The molecule has 0 aromatic carbocycles. The number of carbonyl (C=O) groups excluding carboxylic acids is 1. The van der Waals surface area contributed by atoms with Gasteiger partial charge in [-0.15, -0.1) is 0 Å². The van der Waals surface area contributed by atoms with Gasteiger partial charge in [0.05, 0.1) is 13.3 Å². The zero-order valence-electron chi connectivity index (χ0n) is 12.3. The largest absolute Gasteiger partial charge is 0.467 e. The topological polar surface area (TPSA) is 58.6 Å². The molecule has 1 saturated heterocycles. The summed E-state index contributed by atoms with van der Waals surface area (Å²) in [5.41, 5.74) is 0. The zero-order valence-corrected chi connectivity index (χ0v) is 13.0. The average Bonchev–Trinajstić information content (AvgIpc) is 3.24. The van der Waals surface area contributed by atoms with Crippen molar-refractivity contribution in [1.82, 2.24) is 14.9 Å². The summed E-state index contributed by atoms with van der Waals surface area (Å²) in [7, 11) is 1.53. The summed E-state index contributed by atoms with van der Waals surface area (Å²) in [4.78, 5) is 24.5. The number of nitrogens with zero attached hydrogens (tertiary/aromatic N) is 4. The first kappa shape index (κ1) is 14.4. The van der Waals surface area contributed by atoms with Crippen LogP contribution in [-0.4, -0.2) is 54.1 Å². The first-order valence-electron chi connectivity index (χ1n) is 7.20. The lowest BCUT2D eigenvalue weighted by molar-refractivity contribution is -0.133. The predicted octanol–water partition coefficient (Wildman–Crippen LogP) is 1.44. The maximum absolute atomic E-state index is 12.2. The number of carbonyl (C=O) groups is 1. The summed E-state index contributed by atoms with van der Waals surface area (Å²) < 4.78 is 5.04. The van der Waals surface area contributed by atoms with Crippen LogP contribution in [0.3, 0.4) is 0 Å². The first-order chi connectivity index (χ1) is 10.1. The van der Waals surface area contributed by atoms with Gasteiger partial charge in [-0.1, -0.05) is 18.5 Å². The maximum atomic E-state index is 12.2. The van der Waals surface area contributed by atoms with Crippen LogP contribution >= 0.6 is 11.6 Å². The Morgan fingerprint density at radius 3 is 2.62 bits per heavy atom. The molecule has 21 heavy (non-hydrogen) atoms. The third-order valence-electron chi connectivity index (χ3n) is 4.20. The van der Waals surface area contributed by atoms with Crippen LogP contribution in [-0.2, 0) is 4.79 Å². The van der Waals surface area contributed by atoms with Crippen molar-refractivity contribution >= 4 is 23.3 Å². The number of aromatic nitrogens is 2. The number of anilines is 1. The van der Waals surface area contributed by atoms with Crippen LogP contribution in [0.15, 0.2) is 6.20 Å². The smallest absolute Gasteiger partial charge is 0.318 e. The lowest BCUT2D eigenvalue weighted by Crippen LogP contribution is -2.49. The van der Waals surface area contributed by atoms with E-state index in [2.05, 4.69) is 21.8 Å². The Bertz CT molecular complexity index is 546. The molecular weight excluding hydrogens is 292 g/mol. The minimum Gasteiger partial charge on any atom is -0.467 e. The molecule has 2 heterocycles. The monoisotopic (exact) mass is 310 g/mol. The van der Waals surface area contributed by atoms with Gasteiger partial charge < -0.3 is 14.5 Å². The second-order valence-electron chi connectivity index (χ2n) is 5.66. The van der Waals surface area contributed by atoms with Crippen molar-refractivity contribution < 1.29 is 9.53 Å². The molecule has 1 aliphatic carbocycles. The van der Waals surface area contributed by atoms with Crippen molar-refractivity contribution in [3.8, 4) is 6.01 Å². The SMILES string of the molecule is COc1ncc(Cl)c(N2CCN(C(=O)[C@H]3C[C@@H]3C)CC2)n1. The third kappa shape index (κ3) is 2.90. The third-order valence-corrected chi connectivity index (χ3v) is 4.47. The van der Waals surface area contributed by atoms with E-state index in [1.54, 1.807) is 6.20 Å². The second-order valence-corrected chi connectivity index (χ2v) is 6.07. The number of rotatable bonds is 3. The Kier molecular flexibility index (Phi) is 3.89. The van der Waals surface area contributed by atoms with Crippen molar-refractivity contribution in [3.63, 3.8) is 0 Å². The molecule has 1 aliphatic heterocycles. The molecule has 0 bridgehead atoms. The molecule has 2 atom stereocenters. The van der Waals surface area contributed by atoms with E-state index in [0.717, 1.165) is 19.5 Å². The lowest BCUT2D eigenvalue weighted by Gasteiger charge is -2.35. The number of hydrogen-bond donors (Lipinski definition) is 0. The normalized spacial score (nSPS) is 24.9. The van der Waals surface area contributed by atoms with E-state index in [9.17, 15) is 4.79 Å². The molecule has 0 radical (unpaired) electrons. The summed E-state index contributed by atoms with van der Waals surface area (Å²) in [5, 5.41) is 0.506. The Labute approximate surface area is 129 Å². The van der Waals surface area contributed by atoms with Gasteiger partial charge in [0.2, 0.25) is 5.91 Å². The Hall–Kier alpha value is -1.56. The molecule has 7 heteroatoms. The molecule has 1 aromatic rings. The number of halogens is 1. The van der Waals surface area contributed by atoms with E-state index in [-0.39, 0.29) is 5.92 Å². The fourth-order valence-electron chi connectivity index (χ4n) is 2.70. The van der Waals surface area contributed by atoms with E-state index in [1.165, 1.54) is 7.11 Å². The van der Waals surface area contributed by atoms with Crippen LogP contribution in [0.1, 0.15) is 13.3 Å². The highest BCUT2D eigenvalue weighted by atomic mass is 35.5. The van der Waals surface area contributed by atoms with Crippen LogP contribution in [0, 0.1) is 11.8 Å². The summed E-state index contributed by atoms with van der Waals surface area (Å²) >= 11 is 6.16. The first-order valence-corrected chi connectivity index (χ1v) is 7.58. The van der Waals surface area contributed by atoms with Crippen LogP contribution in [0.5, 0.6) is 6.01 Å². The predicted molar refractivity (Wildman–Crippen MR) is 79.7 cm³/mol. The van der Waals surface area contributed by atoms with E-state index in [4.69, 9.17) is 16.3 Å². The molecule has 114 valence electrons. The number of methoxy groups -OCH3 is 1. The van der Waals surface area contributed by atoms with Gasteiger partial charge in [-0.2, -0.15) is 4.98 Å². The highest BCUT2D eigenvalue weighted by Crippen LogP contribution is 2.39. The highest BCUT2D eigenvalue weighted by Gasteiger charge is 2.42. The quantitative estimate of drug-likeness (QED) is 0.845. The second kappa shape index (κ2) is 5.67. The molecule has 6 nitrogen and oxygen atoms in total. The minimum absolute atomic E-state index is 0.249. The summed E-state index contributed by atoms with van der Waals surface area (Å²) in [6, 6.07) is 0.305. The van der Waals surface area contributed by atoms with Crippen LogP contribution < -0.4 is 9.64 Å². The molecular formula is C14H19ClN4O2. The number of piperazine rings is 1. The van der Waals surface area contributed by atoms with Gasteiger partial charge in [0.1, 0.15) is 5.02 Å². The summed E-state index contributed by atoms with van der Waals surface area (Å²) in [5.74, 6) is 1.78. The molecule has 1 aromatic heterocycles. The lowest BCUT2D eigenvalue weighted by atomic mass is 10.2. The van der Waals surface area contributed by atoms with Gasteiger partial charge in [0.25, 0.3) is 0 Å². The van der Waals surface area contributed by atoms with Gasteiger partial charge in [-0.25, -0.2) is 4.98 Å². The molecule has 1 saturated carbocycles. The van der Waals surface area contributed by atoms with Crippen molar-refractivity contribution in [1.29, 1.82) is 0 Å². The zero-order chi connectivity index (χ0) is 15.0. The standard InChI is InChI=1S/C14H19ClN4O2/c1-9-7-10(9)13(20)19-5-3-18(4-6-19)12-11(15)8-16-14(17-12)21-2/h8-10H,3-7H2,1-2H3/t9-,10-/m0/s1. The van der Waals surface area contributed by atoms with E-state index < -0.39 is 0 Å². The highest BCUT2D eigenvalue weighted by molar-refractivity contribution is 6.32. The van der Waals surface area contributed by atoms with Crippen LogP contribution in [0.2, 0.25) is 5.02 Å². The van der Waals surface area contributed by atoms with Gasteiger partial charge >= 0.3 is 6.01 Å². The Balaban J connectivity index is 1.64. The summed E-state index contributed by atoms with van der Waals surface area (Å²) in [6.07, 6.45) is 2.58. The van der Waals surface area contributed by atoms with Crippen molar-refractivity contribution in [3.05, 3.63) is 11.2 Å². The molecule has 2 fully saturated rings. The number of ether oxygens (including phenoxy) is 1. The molecule has 0 N–H and O–H groups in total. The fraction of sp³-hybridized carbons (Fsp3) is 0.643. The van der Waals surface area contributed by atoms with Gasteiger partial charge in [0, 0.05) is 32.1 Å². The Morgan fingerprint density at radius 1 is 1.38 bits per heavy atom. The van der Waals surface area contributed by atoms with Gasteiger partial charge in [-0.3, -0.25) is 4.79 Å². The summed E-state index contributed by atoms with van der Waals surface area (Å²) in [6.45, 7) is 5.01. The minimum atomic E-state index is 0.249.